The molecule has 2 atom stereocenters. The van der Waals surface area contributed by atoms with Gasteiger partial charge >= 0.3 is 5.97 Å². The van der Waals surface area contributed by atoms with Crippen LogP contribution in [-0.2, 0) is 14.6 Å². The average Bonchev–Trinajstić information content (AvgIpc) is 3.83. The van der Waals surface area contributed by atoms with Gasteiger partial charge in [-0.1, -0.05) is 0 Å². The number of anilines is 2. The highest BCUT2D eigenvalue weighted by Crippen LogP contribution is 2.65. The van der Waals surface area contributed by atoms with Gasteiger partial charge in [0.15, 0.2) is 0 Å². The smallest absolute Gasteiger partial charge is 0.313 e. The molecule has 1 spiro atoms. The summed E-state index contributed by atoms with van der Waals surface area (Å²) >= 11 is 1.53. The lowest BCUT2D eigenvalue weighted by Gasteiger charge is -2.36. The van der Waals surface area contributed by atoms with Crippen LogP contribution in [0.1, 0.15) is 51.4 Å². The van der Waals surface area contributed by atoms with Gasteiger partial charge in [0.25, 0.3) is 0 Å². The van der Waals surface area contributed by atoms with Crippen LogP contribution in [0.15, 0.2) is 46.2 Å². The van der Waals surface area contributed by atoms with Gasteiger partial charge in [0.05, 0.1) is 15.5 Å². The summed E-state index contributed by atoms with van der Waals surface area (Å²) < 4.78 is 89.2. The summed E-state index contributed by atoms with van der Waals surface area (Å²) in [6.45, 7) is -0.355. The minimum atomic E-state index is -4.66. The zero-order valence-corrected chi connectivity index (χ0v) is 23.8. The van der Waals surface area contributed by atoms with Gasteiger partial charge in [0, 0.05) is 35.9 Å². The number of nitrogens with zero attached hydrogens (tertiary/aromatic N) is 1. The maximum atomic E-state index is 15.8. The third-order valence-electron chi connectivity index (χ3n) is 8.98. The molecule has 3 aliphatic carbocycles. The SMILES string of the molecule is O=C(O)C1(COc2cc3c(cc2SC2CC4(CC4)C2)N(c2ccc(F)cc2)C[C@@H](CCC(F)F)[C@@H](F)S3(=O)=O)CC1. The highest BCUT2D eigenvalue weighted by molar-refractivity contribution is 8.00. The Balaban J connectivity index is 1.43. The molecule has 2 aromatic rings. The number of halogens is 4. The molecule has 3 saturated carbocycles. The van der Waals surface area contributed by atoms with E-state index in [1.54, 1.807) is 11.0 Å². The molecule has 1 aliphatic heterocycles. The first kappa shape index (κ1) is 28.6. The Morgan fingerprint density at radius 2 is 1.80 bits per heavy atom. The number of thioether (sulfide) groups is 1. The highest BCUT2D eigenvalue weighted by atomic mass is 32.2. The van der Waals surface area contributed by atoms with Gasteiger partial charge in [-0.25, -0.2) is 26.0 Å². The van der Waals surface area contributed by atoms with E-state index >= 15 is 4.39 Å². The van der Waals surface area contributed by atoms with E-state index in [2.05, 4.69) is 0 Å². The van der Waals surface area contributed by atoms with Crippen molar-refractivity contribution >= 4 is 38.9 Å². The van der Waals surface area contributed by atoms with Gasteiger partial charge in [-0.15, -0.1) is 11.8 Å². The van der Waals surface area contributed by atoms with Gasteiger partial charge in [-0.05, 0) is 80.7 Å². The Labute approximate surface area is 240 Å². The van der Waals surface area contributed by atoms with Crippen molar-refractivity contribution in [2.45, 2.75) is 78.3 Å². The highest BCUT2D eigenvalue weighted by Gasteiger charge is 2.54. The Morgan fingerprint density at radius 3 is 2.39 bits per heavy atom. The molecule has 4 aliphatic rings. The number of carboxylic acid groups (broad SMARTS) is 1. The number of ether oxygens (including phenoxy) is 1. The van der Waals surface area contributed by atoms with E-state index in [0.29, 0.717) is 28.8 Å². The molecule has 6 rings (SSSR count). The Kier molecular flexibility index (Phi) is 7.24. The van der Waals surface area contributed by atoms with Crippen molar-refractivity contribution in [3.8, 4) is 5.75 Å². The van der Waals surface area contributed by atoms with Crippen molar-refractivity contribution in [2.75, 3.05) is 18.1 Å². The number of carbonyl (C=O) groups is 1. The van der Waals surface area contributed by atoms with Crippen molar-refractivity contribution < 1.29 is 40.6 Å². The number of aliphatic carboxylic acids is 1. The molecule has 0 aromatic heterocycles. The summed E-state index contributed by atoms with van der Waals surface area (Å²) in [6.07, 6.45) is 1.53. The lowest BCUT2D eigenvalue weighted by Crippen LogP contribution is -2.31. The molecule has 1 heterocycles. The summed E-state index contributed by atoms with van der Waals surface area (Å²) in [5.74, 6) is -2.61. The summed E-state index contributed by atoms with van der Waals surface area (Å²) in [5.41, 5.74) is -2.53. The number of hydrogen-bond donors (Lipinski definition) is 1. The number of carboxylic acids is 1. The molecule has 1 N–H and O–H groups in total. The molecule has 41 heavy (non-hydrogen) atoms. The van der Waals surface area contributed by atoms with E-state index in [1.165, 1.54) is 54.9 Å². The largest absolute Gasteiger partial charge is 0.491 e. The first-order valence-corrected chi connectivity index (χ1v) is 16.2. The molecular weight excluding hydrogens is 582 g/mol. The van der Waals surface area contributed by atoms with Gasteiger partial charge in [-0.3, -0.25) is 4.79 Å². The summed E-state index contributed by atoms with van der Waals surface area (Å²) in [7, 11) is -4.66. The number of sulfone groups is 1. The number of alkyl halides is 3. The zero-order valence-electron chi connectivity index (χ0n) is 22.2. The van der Waals surface area contributed by atoms with E-state index in [1.807, 2.05) is 0 Å². The number of benzene rings is 2. The van der Waals surface area contributed by atoms with E-state index in [9.17, 15) is 31.5 Å². The fourth-order valence-corrected chi connectivity index (χ4v) is 9.28. The van der Waals surface area contributed by atoms with Crippen molar-refractivity contribution in [1.29, 1.82) is 0 Å². The maximum absolute atomic E-state index is 15.8. The van der Waals surface area contributed by atoms with Crippen molar-refractivity contribution in [3.05, 3.63) is 42.2 Å². The third kappa shape index (κ3) is 5.53. The minimum absolute atomic E-state index is 0.152. The Morgan fingerprint density at radius 1 is 1.12 bits per heavy atom. The van der Waals surface area contributed by atoms with E-state index in [4.69, 9.17) is 4.74 Å². The minimum Gasteiger partial charge on any atom is -0.491 e. The van der Waals surface area contributed by atoms with Crippen molar-refractivity contribution in [1.82, 2.24) is 0 Å². The lowest BCUT2D eigenvalue weighted by molar-refractivity contribution is -0.144. The standard InChI is InChI=1S/C29H31F4NO5S2/c30-18-2-4-19(5-3-18)34-15-17(1-6-25(31)32)26(33)41(37,38)24-12-22(39-16-29(9-10-29)27(35)36)23(11-21(24)34)40-20-13-28(14-20)7-8-28/h2-5,11-12,17,20,25-26H,1,6-10,13-16H2,(H,35,36)/t17-,26+/m1/s1. The number of rotatable bonds is 10. The molecule has 2 aromatic carbocycles. The van der Waals surface area contributed by atoms with E-state index in [0.717, 1.165) is 12.8 Å². The fraction of sp³-hybridized carbons (Fsp3) is 0.552. The quantitative estimate of drug-likeness (QED) is 0.289. The average molecular weight is 614 g/mol. The van der Waals surface area contributed by atoms with Crippen LogP contribution in [-0.4, -0.2) is 49.8 Å². The van der Waals surface area contributed by atoms with Crippen molar-refractivity contribution in [2.24, 2.45) is 16.7 Å². The van der Waals surface area contributed by atoms with Crippen LogP contribution in [0.2, 0.25) is 0 Å². The Bertz CT molecular complexity index is 1440. The maximum Gasteiger partial charge on any atom is 0.313 e. The Hall–Kier alpha value is -2.47. The molecule has 0 bridgehead atoms. The first-order valence-electron chi connectivity index (χ1n) is 13.8. The van der Waals surface area contributed by atoms with E-state index < -0.39 is 51.3 Å². The van der Waals surface area contributed by atoms with Gasteiger partial charge in [-0.2, -0.15) is 0 Å². The molecular formula is C29H31F4NO5S2. The first-order chi connectivity index (χ1) is 19.4. The predicted molar refractivity (Wildman–Crippen MR) is 146 cm³/mol. The fourth-order valence-electron chi connectivity index (χ4n) is 5.93. The van der Waals surface area contributed by atoms with Crippen LogP contribution in [0, 0.1) is 22.6 Å². The molecule has 0 unspecified atom stereocenters. The topological polar surface area (TPSA) is 83.9 Å². The van der Waals surface area contributed by atoms with Crippen LogP contribution >= 0.6 is 11.8 Å². The second-order valence-electron chi connectivity index (χ2n) is 12.0. The number of hydrogen-bond acceptors (Lipinski definition) is 6. The molecule has 0 radical (unpaired) electrons. The monoisotopic (exact) mass is 613 g/mol. The molecule has 12 heteroatoms. The van der Waals surface area contributed by atoms with Crippen LogP contribution in [0.3, 0.4) is 0 Å². The van der Waals surface area contributed by atoms with Gasteiger partial charge in [0.1, 0.15) is 23.6 Å². The summed E-state index contributed by atoms with van der Waals surface area (Å²) in [6, 6.07) is 8.17. The lowest BCUT2D eigenvalue weighted by atomic mass is 9.81. The summed E-state index contributed by atoms with van der Waals surface area (Å²) in [5, 5.41) is 9.90. The molecule has 3 fully saturated rings. The predicted octanol–water partition coefficient (Wildman–Crippen LogP) is 6.99. The molecule has 6 nitrogen and oxygen atoms in total. The van der Waals surface area contributed by atoms with E-state index in [-0.39, 0.29) is 41.2 Å². The molecule has 0 amide bonds. The van der Waals surface area contributed by atoms with Gasteiger partial charge < -0.3 is 14.7 Å². The van der Waals surface area contributed by atoms with Crippen LogP contribution in [0.25, 0.3) is 0 Å². The van der Waals surface area contributed by atoms with Crippen LogP contribution in [0.5, 0.6) is 5.75 Å². The summed E-state index contributed by atoms with van der Waals surface area (Å²) in [4.78, 5) is 13.6. The van der Waals surface area contributed by atoms with Gasteiger partial charge in [0.2, 0.25) is 21.8 Å². The molecule has 0 saturated heterocycles. The second kappa shape index (κ2) is 10.4. The number of fused-ring (bicyclic) bond motifs is 1. The second-order valence-corrected chi connectivity index (χ2v) is 15.3. The normalized spacial score (nSPS) is 25.3. The van der Waals surface area contributed by atoms with Crippen LogP contribution < -0.4 is 9.64 Å². The van der Waals surface area contributed by atoms with Crippen molar-refractivity contribution in [3.63, 3.8) is 0 Å². The molecule has 222 valence electrons. The zero-order chi connectivity index (χ0) is 29.2. The van der Waals surface area contributed by atoms with Crippen LogP contribution in [0.4, 0.5) is 28.9 Å². The third-order valence-corrected chi connectivity index (χ3v) is 12.1.